The quantitative estimate of drug-likeness (QED) is 0.670. The van der Waals surface area contributed by atoms with E-state index in [1.807, 2.05) is 55.6 Å². The second-order valence-electron chi connectivity index (χ2n) is 6.41. The molecule has 0 atom stereocenters. The molecule has 1 aromatic carbocycles. The largest absolute Gasteiger partial charge is 0.346 e. The van der Waals surface area contributed by atoms with Gasteiger partial charge in [-0.05, 0) is 48.7 Å². The van der Waals surface area contributed by atoms with Crippen LogP contribution in [0.15, 0.2) is 42.6 Å². The highest BCUT2D eigenvalue weighted by molar-refractivity contribution is 6.30. The van der Waals surface area contributed by atoms with Crippen molar-refractivity contribution < 1.29 is 4.79 Å². The molecule has 0 amide bonds. The lowest BCUT2D eigenvalue weighted by molar-refractivity contribution is 0.0972. The Kier molecular flexibility index (Phi) is 4.43. The van der Waals surface area contributed by atoms with Crippen LogP contribution in [0.5, 0.6) is 0 Å². The molecule has 5 heteroatoms. The standard InChI is InChI=1S/C21H18ClN3O/c1-25-18-6-3-7-20(26)16(18)13-19(25)17-10-11-23-21(24-17)9-8-14-4-2-5-15(22)12-14/h2,4-5,8-13H,3,6-7H2,1H3/b9-8+. The number of carbonyl (C=O) groups excluding carboxylic acids is 1. The van der Waals surface area contributed by atoms with Crippen molar-refractivity contribution in [3.8, 4) is 11.4 Å². The van der Waals surface area contributed by atoms with Gasteiger partial charge in [-0.2, -0.15) is 0 Å². The van der Waals surface area contributed by atoms with Crippen LogP contribution in [-0.2, 0) is 13.5 Å². The van der Waals surface area contributed by atoms with Crippen LogP contribution < -0.4 is 0 Å². The molecule has 4 nitrogen and oxygen atoms in total. The Morgan fingerprint density at radius 2 is 2.04 bits per heavy atom. The van der Waals surface area contributed by atoms with E-state index in [0.717, 1.165) is 41.1 Å². The minimum absolute atomic E-state index is 0.225. The van der Waals surface area contributed by atoms with Crippen molar-refractivity contribution in [2.75, 3.05) is 0 Å². The Hall–Kier alpha value is -2.72. The minimum atomic E-state index is 0.225. The number of carbonyl (C=O) groups is 1. The molecule has 0 saturated heterocycles. The lowest BCUT2D eigenvalue weighted by Crippen LogP contribution is -2.11. The average molecular weight is 364 g/mol. The fourth-order valence-corrected chi connectivity index (χ4v) is 3.56. The number of ketones is 1. The first-order chi connectivity index (χ1) is 12.6. The summed E-state index contributed by atoms with van der Waals surface area (Å²) in [6, 6.07) is 11.5. The van der Waals surface area contributed by atoms with Crippen molar-refractivity contribution in [2.24, 2.45) is 7.05 Å². The van der Waals surface area contributed by atoms with Gasteiger partial charge in [0.1, 0.15) is 0 Å². The number of benzene rings is 1. The van der Waals surface area contributed by atoms with Crippen molar-refractivity contribution in [3.63, 3.8) is 0 Å². The number of Topliss-reactive ketones (excluding diaryl/α,β-unsaturated/α-hetero) is 1. The first-order valence-corrected chi connectivity index (χ1v) is 8.98. The maximum absolute atomic E-state index is 12.2. The van der Waals surface area contributed by atoms with Crippen LogP contribution in [-0.4, -0.2) is 20.3 Å². The van der Waals surface area contributed by atoms with Crippen LogP contribution >= 0.6 is 11.6 Å². The number of halogens is 1. The SMILES string of the molecule is Cn1c(-c2ccnc(/C=C/c3cccc(Cl)c3)n2)cc2c1CCCC2=O. The summed E-state index contributed by atoms with van der Waals surface area (Å²) in [7, 11) is 2.00. The highest BCUT2D eigenvalue weighted by atomic mass is 35.5. The van der Waals surface area contributed by atoms with Crippen molar-refractivity contribution in [1.82, 2.24) is 14.5 Å². The summed E-state index contributed by atoms with van der Waals surface area (Å²) < 4.78 is 2.08. The predicted octanol–water partition coefficient (Wildman–Crippen LogP) is 4.82. The zero-order valence-corrected chi connectivity index (χ0v) is 15.2. The first kappa shape index (κ1) is 16.7. The summed E-state index contributed by atoms with van der Waals surface area (Å²) in [5.74, 6) is 0.844. The topological polar surface area (TPSA) is 47.8 Å². The number of aromatic nitrogens is 3. The van der Waals surface area contributed by atoms with Gasteiger partial charge < -0.3 is 4.57 Å². The molecule has 0 unspecified atom stereocenters. The Balaban J connectivity index is 1.67. The predicted molar refractivity (Wildman–Crippen MR) is 104 cm³/mol. The van der Waals surface area contributed by atoms with Crippen molar-refractivity contribution in [1.29, 1.82) is 0 Å². The fraction of sp³-hybridized carbons (Fsp3) is 0.190. The van der Waals surface area contributed by atoms with E-state index in [4.69, 9.17) is 11.6 Å². The van der Waals surface area contributed by atoms with E-state index in [1.165, 1.54) is 0 Å². The number of fused-ring (bicyclic) bond motifs is 1. The molecule has 1 aliphatic carbocycles. The van der Waals surface area contributed by atoms with Gasteiger partial charge in [-0.1, -0.05) is 29.8 Å². The summed E-state index contributed by atoms with van der Waals surface area (Å²) in [4.78, 5) is 21.1. The molecule has 1 aliphatic rings. The van der Waals surface area contributed by atoms with Gasteiger partial charge in [-0.15, -0.1) is 0 Å². The second kappa shape index (κ2) is 6.89. The number of rotatable bonds is 3. The van der Waals surface area contributed by atoms with Gasteiger partial charge in [0.2, 0.25) is 0 Å². The second-order valence-corrected chi connectivity index (χ2v) is 6.85. The van der Waals surface area contributed by atoms with Gasteiger partial charge in [0, 0.05) is 35.9 Å². The van der Waals surface area contributed by atoms with Crippen LogP contribution in [0.4, 0.5) is 0 Å². The normalized spacial score (nSPS) is 14.0. The summed E-state index contributed by atoms with van der Waals surface area (Å²) in [5, 5.41) is 0.695. The molecule has 3 aromatic rings. The van der Waals surface area contributed by atoms with Crippen LogP contribution in [0.2, 0.25) is 5.02 Å². The van der Waals surface area contributed by atoms with E-state index in [9.17, 15) is 4.79 Å². The number of hydrogen-bond donors (Lipinski definition) is 0. The molecule has 0 radical (unpaired) electrons. The minimum Gasteiger partial charge on any atom is -0.346 e. The van der Waals surface area contributed by atoms with Crippen LogP contribution in [0.1, 0.15) is 40.3 Å². The third kappa shape index (κ3) is 3.20. The monoisotopic (exact) mass is 363 g/mol. The average Bonchev–Trinajstić information content (AvgIpc) is 2.99. The fourth-order valence-electron chi connectivity index (χ4n) is 3.36. The van der Waals surface area contributed by atoms with E-state index >= 15 is 0 Å². The van der Waals surface area contributed by atoms with E-state index in [2.05, 4.69) is 14.5 Å². The van der Waals surface area contributed by atoms with E-state index < -0.39 is 0 Å². The first-order valence-electron chi connectivity index (χ1n) is 8.61. The van der Waals surface area contributed by atoms with Gasteiger partial charge in [-0.3, -0.25) is 4.79 Å². The Morgan fingerprint density at radius 3 is 2.85 bits per heavy atom. The van der Waals surface area contributed by atoms with E-state index in [0.29, 0.717) is 17.3 Å². The molecular weight excluding hydrogens is 346 g/mol. The van der Waals surface area contributed by atoms with E-state index in [1.54, 1.807) is 6.20 Å². The lowest BCUT2D eigenvalue weighted by Gasteiger charge is -2.12. The van der Waals surface area contributed by atoms with Crippen LogP contribution in [0.25, 0.3) is 23.5 Å². The Bertz CT molecular complexity index is 1020. The summed E-state index contributed by atoms with van der Waals surface area (Å²) in [6.07, 6.45) is 8.03. The molecule has 130 valence electrons. The number of nitrogens with zero attached hydrogens (tertiary/aromatic N) is 3. The molecule has 2 aromatic heterocycles. The Labute approximate surface area is 157 Å². The summed E-state index contributed by atoms with van der Waals surface area (Å²) >= 11 is 6.02. The lowest BCUT2D eigenvalue weighted by atomic mass is 9.97. The Morgan fingerprint density at radius 1 is 1.15 bits per heavy atom. The molecule has 0 saturated carbocycles. The maximum atomic E-state index is 12.2. The van der Waals surface area contributed by atoms with Gasteiger partial charge in [0.25, 0.3) is 0 Å². The molecule has 0 bridgehead atoms. The molecule has 0 N–H and O–H groups in total. The molecule has 2 heterocycles. The van der Waals surface area contributed by atoms with Gasteiger partial charge >= 0.3 is 0 Å². The molecular formula is C21H18ClN3O. The van der Waals surface area contributed by atoms with Crippen LogP contribution in [0.3, 0.4) is 0 Å². The number of hydrogen-bond acceptors (Lipinski definition) is 3. The van der Waals surface area contributed by atoms with Gasteiger partial charge in [0.05, 0.1) is 11.4 Å². The highest BCUT2D eigenvalue weighted by Crippen LogP contribution is 2.29. The molecule has 0 aliphatic heterocycles. The van der Waals surface area contributed by atoms with Gasteiger partial charge in [0.15, 0.2) is 11.6 Å². The van der Waals surface area contributed by atoms with Crippen molar-refractivity contribution >= 4 is 29.5 Å². The van der Waals surface area contributed by atoms with Gasteiger partial charge in [-0.25, -0.2) is 9.97 Å². The smallest absolute Gasteiger partial charge is 0.164 e. The zero-order chi connectivity index (χ0) is 18.1. The molecule has 0 spiro atoms. The zero-order valence-electron chi connectivity index (χ0n) is 14.4. The molecule has 0 fully saturated rings. The molecule has 4 rings (SSSR count). The highest BCUT2D eigenvalue weighted by Gasteiger charge is 2.23. The maximum Gasteiger partial charge on any atom is 0.164 e. The van der Waals surface area contributed by atoms with Crippen LogP contribution in [0, 0.1) is 0 Å². The third-order valence-electron chi connectivity index (χ3n) is 4.69. The summed E-state index contributed by atoms with van der Waals surface area (Å²) in [6.45, 7) is 0. The summed E-state index contributed by atoms with van der Waals surface area (Å²) in [5.41, 5.74) is 4.70. The van der Waals surface area contributed by atoms with Crippen molar-refractivity contribution in [2.45, 2.75) is 19.3 Å². The van der Waals surface area contributed by atoms with E-state index in [-0.39, 0.29) is 5.78 Å². The molecule has 26 heavy (non-hydrogen) atoms. The third-order valence-corrected chi connectivity index (χ3v) is 4.92. The van der Waals surface area contributed by atoms with Crippen molar-refractivity contribution in [3.05, 3.63) is 70.3 Å².